The molecule has 0 radical (unpaired) electrons. The summed E-state index contributed by atoms with van der Waals surface area (Å²) in [5, 5.41) is 15.8. The topological polar surface area (TPSA) is 72.7 Å². The van der Waals surface area contributed by atoms with Crippen LogP contribution in [0.3, 0.4) is 0 Å². The normalized spacial score (nSPS) is 10.9. The van der Waals surface area contributed by atoms with E-state index < -0.39 is 0 Å². The number of rotatable bonds is 7. The fraction of sp³-hybridized carbons (Fsp3) is 0.182. The van der Waals surface area contributed by atoms with Crippen molar-refractivity contribution in [3.05, 3.63) is 75.2 Å². The number of carbonyl (C=O) groups is 1. The van der Waals surface area contributed by atoms with Gasteiger partial charge in [0.2, 0.25) is 5.91 Å². The molecule has 0 atom stereocenters. The average molecular weight is 470 g/mol. The molecule has 4 aromatic rings. The van der Waals surface area contributed by atoms with Crippen LogP contribution in [0.2, 0.25) is 5.02 Å². The summed E-state index contributed by atoms with van der Waals surface area (Å²) in [5.74, 6) is 1.37. The van der Waals surface area contributed by atoms with E-state index in [0.717, 1.165) is 38.5 Å². The molecule has 0 bridgehead atoms. The number of nitrogens with one attached hydrogen (secondary N) is 1. The van der Waals surface area contributed by atoms with Crippen LogP contribution in [0.4, 0.5) is 5.69 Å². The van der Waals surface area contributed by atoms with E-state index in [0.29, 0.717) is 10.8 Å². The Bertz CT molecular complexity index is 1190. The summed E-state index contributed by atoms with van der Waals surface area (Å²) in [7, 11) is 1.94. The summed E-state index contributed by atoms with van der Waals surface area (Å²) in [6.45, 7) is 2.01. The van der Waals surface area contributed by atoms with Gasteiger partial charge in [0.25, 0.3) is 0 Å². The number of halogens is 1. The van der Waals surface area contributed by atoms with Gasteiger partial charge in [-0.15, -0.1) is 21.5 Å². The van der Waals surface area contributed by atoms with Crippen LogP contribution in [0, 0.1) is 6.92 Å². The van der Waals surface area contributed by atoms with Gasteiger partial charge in [-0.1, -0.05) is 41.1 Å². The molecular weight excluding hydrogens is 450 g/mol. The van der Waals surface area contributed by atoms with Gasteiger partial charge in [0.1, 0.15) is 5.01 Å². The van der Waals surface area contributed by atoms with Crippen molar-refractivity contribution < 1.29 is 4.79 Å². The second kappa shape index (κ2) is 9.64. The van der Waals surface area contributed by atoms with Crippen molar-refractivity contribution in [2.24, 2.45) is 7.05 Å². The molecule has 31 heavy (non-hydrogen) atoms. The lowest BCUT2D eigenvalue weighted by atomic mass is 10.2. The van der Waals surface area contributed by atoms with Crippen LogP contribution in [-0.4, -0.2) is 25.7 Å². The monoisotopic (exact) mass is 469 g/mol. The number of nitrogens with zero attached hydrogens (tertiary/aromatic N) is 4. The number of amides is 1. The number of benzene rings is 2. The van der Waals surface area contributed by atoms with Crippen LogP contribution in [0.25, 0.3) is 11.4 Å². The van der Waals surface area contributed by atoms with E-state index in [-0.39, 0.29) is 12.3 Å². The molecule has 0 fully saturated rings. The maximum atomic E-state index is 12.3. The first-order chi connectivity index (χ1) is 15.0. The van der Waals surface area contributed by atoms with Gasteiger partial charge in [-0.3, -0.25) is 4.79 Å². The third-order valence-corrected chi connectivity index (χ3v) is 6.74. The van der Waals surface area contributed by atoms with E-state index in [2.05, 4.69) is 20.5 Å². The number of anilines is 1. The van der Waals surface area contributed by atoms with Crippen LogP contribution >= 0.6 is 34.7 Å². The largest absolute Gasteiger partial charge is 0.326 e. The lowest BCUT2D eigenvalue weighted by molar-refractivity contribution is -0.115. The highest BCUT2D eigenvalue weighted by Gasteiger charge is 2.13. The van der Waals surface area contributed by atoms with Gasteiger partial charge in [0, 0.05) is 34.5 Å². The molecule has 0 aliphatic carbocycles. The third-order valence-electron chi connectivity index (χ3n) is 4.53. The molecule has 1 amide bonds. The van der Waals surface area contributed by atoms with Crippen LogP contribution in [0.15, 0.2) is 59.1 Å². The number of thiazole rings is 1. The number of carbonyl (C=O) groups excluding carboxylic acids is 1. The molecule has 1 N–H and O–H groups in total. The Kier molecular flexibility index (Phi) is 6.70. The Balaban J connectivity index is 1.33. The number of thioether (sulfide) groups is 1. The Morgan fingerprint density at radius 3 is 2.61 bits per heavy atom. The van der Waals surface area contributed by atoms with Gasteiger partial charge < -0.3 is 9.88 Å². The first-order valence-corrected chi connectivity index (χ1v) is 11.8. The van der Waals surface area contributed by atoms with E-state index in [4.69, 9.17) is 11.6 Å². The van der Waals surface area contributed by atoms with E-state index >= 15 is 0 Å². The molecular formula is C22H20ClN5OS2. The zero-order valence-corrected chi connectivity index (χ0v) is 19.4. The number of hydrogen-bond acceptors (Lipinski definition) is 6. The van der Waals surface area contributed by atoms with Gasteiger partial charge in [-0.2, -0.15) is 0 Å². The predicted octanol–water partition coefficient (Wildman–Crippen LogP) is 5.37. The van der Waals surface area contributed by atoms with Crippen LogP contribution in [0.5, 0.6) is 0 Å². The van der Waals surface area contributed by atoms with E-state index in [9.17, 15) is 4.79 Å². The Morgan fingerprint density at radius 2 is 1.87 bits per heavy atom. The summed E-state index contributed by atoms with van der Waals surface area (Å²) in [6, 6.07) is 15.3. The first kappa shape index (κ1) is 21.5. The van der Waals surface area contributed by atoms with E-state index in [1.54, 1.807) is 11.8 Å². The molecule has 0 aliphatic heterocycles. The summed E-state index contributed by atoms with van der Waals surface area (Å²) in [4.78, 5) is 16.9. The van der Waals surface area contributed by atoms with Gasteiger partial charge in [-0.05, 0) is 43.3 Å². The number of aryl methyl sites for hydroxylation is 1. The number of hydrogen-bond donors (Lipinski definition) is 1. The van der Waals surface area contributed by atoms with Crippen LogP contribution in [0.1, 0.15) is 16.3 Å². The van der Waals surface area contributed by atoms with Crippen LogP contribution < -0.4 is 5.32 Å². The van der Waals surface area contributed by atoms with Gasteiger partial charge in [0.15, 0.2) is 11.0 Å². The molecule has 2 aromatic carbocycles. The predicted molar refractivity (Wildman–Crippen MR) is 127 cm³/mol. The Morgan fingerprint density at radius 1 is 1.13 bits per heavy atom. The maximum Gasteiger partial charge on any atom is 0.231 e. The summed E-state index contributed by atoms with van der Waals surface area (Å²) in [5.41, 5.74) is 3.83. The Hall–Kier alpha value is -2.68. The van der Waals surface area contributed by atoms with Crippen molar-refractivity contribution in [2.45, 2.75) is 24.3 Å². The third kappa shape index (κ3) is 5.52. The molecule has 2 aromatic heterocycles. The van der Waals surface area contributed by atoms with Gasteiger partial charge >= 0.3 is 0 Å². The van der Waals surface area contributed by atoms with Crippen molar-refractivity contribution >= 4 is 46.3 Å². The molecule has 0 saturated heterocycles. The SMILES string of the molecule is Cc1ccc(NC(=O)Cc2nc(CSc3nnc(-c4ccc(Cl)cc4)n3C)cs2)cc1. The standard InChI is InChI=1S/C22H20ClN5OS2/c1-14-3-9-17(10-4-14)24-19(29)11-20-25-18(12-30-20)13-31-22-27-26-21(28(22)2)15-5-7-16(23)8-6-15/h3-10,12H,11,13H2,1-2H3,(H,24,29). The highest BCUT2D eigenvalue weighted by Crippen LogP contribution is 2.26. The molecule has 9 heteroatoms. The van der Waals surface area contributed by atoms with Gasteiger partial charge in [0.05, 0.1) is 12.1 Å². The maximum absolute atomic E-state index is 12.3. The second-order valence-corrected chi connectivity index (χ2v) is 9.31. The van der Waals surface area contributed by atoms with E-state index in [1.165, 1.54) is 11.3 Å². The molecule has 2 heterocycles. The highest BCUT2D eigenvalue weighted by molar-refractivity contribution is 7.98. The molecule has 6 nitrogen and oxygen atoms in total. The smallest absolute Gasteiger partial charge is 0.231 e. The minimum Gasteiger partial charge on any atom is -0.326 e. The van der Waals surface area contributed by atoms with Crippen molar-refractivity contribution in [3.8, 4) is 11.4 Å². The fourth-order valence-electron chi connectivity index (χ4n) is 2.91. The zero-order chi connectivity index (χ0) is 21.8. The molecule has 0 unspecified atom stereocenters. The minimum atomic E-state index is -0.0710. The van der Waals surface area contributed by atoms with E-state index in [1.807, 2.05) is 72.4 Å². The summed E-state index contributed by atoms with van der Waals surface area (Å²) < 4.78 is 1.95. The summed E-state index contributed by atoms with van der Waals surface area (Å²) in [6.07, 6.45) is 0.258. The Labute approximate surface area is 193 Å². The second-order valence-electron chi connectivity index (χ2n) is 6.98. The van der Waals surface area contributed by atoms with Crippen molar-refractivity contribution in [2.75, 3.05) is 5.32 Å². The van der Waals surface area contributed by atoms with Crippen molar-refractivity contribution in [3.63, 3.8) is 0 Å². The fourth-order valence-corrected chi connectivity index (χ4v) is 4.73. The molecule has 158 valence electrons. The van der Waals surface area contributed by atoms with Crippen LogP contribution in [-0.2, 0) is 24.0 Å². The molecule has 0 saturated carbocycles. The molecule has 0 spiro atoms. The highest BCUT2D eigenvalue weighted by atomic mass is 35.5. The van der Waals surface area contributed by atoms with Gasteiger partial charge in [-0.25, -0.2) is 4.98 Å². The summed E-state index contributed by atoms with van der Waals surface area (Å²) >= 11 is 9.02. The zero-order valence-electron chi connectivity index (χ0n) is 17.0. The molecule has 4 rings (SSSR count). The lowest BCUT2D eigenvalue weighted by Crippen LogP contribution is -2.14. The van der Waals surface area contributed by atoms with Crippen molar-refractivity contribution in [1.82, 2.24) is 19.7 Å². The molecule has 0 aliphatic rings. The minimum absolute atomic E-state index is 0.0710. The van der Waals surface area contributed by atoms with Crippen molar-refractivity contribution in [1.29, 1.82) is 0 Å². The average Bonchev–Trinajstić information content (AvgIpc) is 3.35. The quantitative estimate of drug-likeness (QED) is 0.368. The number of aromatic nitrogens is 4. The first-order valence-electron chi connectivity index (χ1n) is 9.56. The lowest BCUT2D eigenvalue weighted by Gasteiger charge is -2.04.